The summed E-state index contributed by atoms with van der Waals surface area (Å²) < 4.78 is 39.5. The minimum Gasteiger partial charge on any atom is -0.454 e. The number of benzene rings is 2. The topological polar surface area (TPSA) is 115 Å². The number of carbonyl (C=O) groups is 2. The van der Waals surface area contributed by atoms with Crippen LogP contribution in [0.4, 0.5) is 25.1 Å². The third-order valence-electron chi connectivity index (χ3n) is 6.18. The van der Waals surface area contributed by atoms with Gasteiger partial charge in [0, 0.05) is 32.2 Å². The van der Waals surface area contributed by atoms with E-state index in [0.29, 0.717) is 49.1 Å². The van der Waals surface area contributed by atoms with Gasteiger partial charge in [-0.2, -0.15) is 0 Å². The van der Waals surface area contributed by atoms with E-state index in [1.54, 1.807) is 29.2 Å². The van der Waals surface area contributed by atoms with E-state index in [-0.39, 0.29) is 23.6 Å². The van der Waals surface area contributed by atoms with E-state index < -0.39 is 23.1 Å². The van der Waals surface area contributed by atoms with Crippen LogP contribution in [0.5, 0.6) is 11.5 Å². The van der Waals surface area contributed by atoms with Gasteiger partial charge in [-0.05, 0) is 57.2 Å². The van der Waals surface area contributed by atoms with Crippen LogP contribution in [0.15, 0.2) is 42.5 Å². The second-order valence-corrected chi connectivity index (χ2v) is 10.2. The van der Waals surface area contributed by atoms with Crippen LogP contribution >= 0.6 is 0 Å². The lowest BCUT2D eigenvalue weighted by Gasteiger charge is -2.46. The van der Waals surface area contributed by atoms with Crippen molar-refractivity contribution in [2.45, 2.75) is 32.4 Å². The molecule has 0 aliphatic carbocycles. The number of halogens is 2. The molecular formula is C26H28F2N6O4. The normalized spacial score (nSPS) is 15.4. The third kappa shape index (κ3) is 4.93. The highest BCUT2D eigenvalue weighted by Gasteiger charge is 2.41. The average molecular weight is 527 g/mol. The summed E-state index contributed by atoms with van der Waals surface area (Å²) in [5, 5.41) is 7.92. The molecule has 5 rings (SSSR count). The molecular weight excluding hydrogens is 498 g/mol. The van der Waals surface area contributed by atoms with Crippen molar-refractivity contribution in [1.82, 2.24) is 14.7 Å². The summed E-state index contributed by atoms with van der Waals surface area (Å²) in [6, 6.07) is 9.53. The van der Waals surface area contributed by atoms with Crippen molar-refractivity contribution in [1.29, 1.82) is 0 Å². The van der Waals surface area contributed by atoms with Gasteiger partial charge in [0.05, 0.1) is 11.7 Å². The second-order valence-electron chi connectivity index (χ2n) is 10.2. The van der Waals surface area contributed by atoms with Gasteiger partial charge in [-0.1, -0.05) is 0 Å². The van der Waals surface area contributed by atoms with Gasteiger partial charge < -0.3 is 30.3 Å². The van der Waals surface area contributed by atoms with E-state index in [1.807, 2.05) is 20.8 Å². The number of carbonyl (C=O) groups excluding carboxylic acids is 2. The molecule has 0 spiro atoms. The molecule has 2 amide bonds. The van der Waals surface area contributed by atoms with Crippen LogP contribution in [-0.2, 0) is 4.74 Å². The summed E-state index contributed by atoms with van der Waals surface area (Å²) in [5.74, 6) is -1.43. The fourth-order valence-electron chi connectivity index (χ4n) is 4.42. The Balaban J connectivity index is 1.37. The van der Waals surface area contributed by atoms with Gasteiger partial charge in [0.1, 0.15) is 22.9 Å². The molecule has 38 heavy (non-hydrogen) atoms. The number of nitrogens with zero attached hydrogens (tertiary/aromatic N) is 4. The van der Waals surface area contributed by atoms with E-state index >= 15 is 0 Å². The minimum atomic E-state index is -0.822. The highest BCUT2D eigenvalue weighted by molar-refractivity contribution is 6.00. The number of nitrogens with two attached hydrogens (primary N) is 1. The maximum atomic E-state index is 14.0. The number of likely N-dealkylation sites (tertiary alicyclic amines) is 1. The Hall–Kier alpha value is -4.35. The molecule has 12 heteroatoms. The molecule has 1 fully saturated rings. The van der Waals surface area contributed by atoms with Crippen LogP contribution in [0.2, 0.25) is 0 Å². The molecule has 2 aliphatic rings. The molecule has 2 aliphatic heterocycles. The average Bonchev–Trinajstić information content (AvgIpc) is 3.20. The molecule has 3 heterocycles. The quantitative estimate of drug-likeness (QED) is 0.518. The van der Waals surface area contributed by atoms with E-state index in [9.17, 15) is 18.4 Å². The highest BCUT2D eigenvalue weighted by Crippen LogP contribution is 2.36. The van der Waals surface area contributed by atoms with Gasteiger partial charge in [-0.15, -0.1) is 5.10 Å². The Morgan fingerprint density at radius 1 is 1.11 bits per heavy atom. The van der Waals surface area contributed by atoms with Crippen molar-refractivity contribution < 1.29 is 27.8 Å². The molecule has 1 saturated heterocycles. The first-order chi connectivity index (χ1) is 18.0. The van der Waals surface area contributed by atoms with Gasteiger partial charge in [0.2, 0.25) is 0 Å². The molecule has 0 unspecified atom stereocenters. The zero-order valence-electron chi connectivity index (χ0n) is 21.2. The first kappa shape index (κ1) is 25.3. The van der Waals surface area contributed by atoms with Crippen LogP contribution in [0, 0.1) is 11.6 Å². The zero-order valence-corrected chi connectivity index (χ0v) is 21.2. The largest absolute Gasteiger partial charge is 0.454 e. The van der Waals surface area contributed by atoms with Crippen molar-refractivity contribution in [3.63, 3.8) is 0 Å². The number of ether oxygens (including phenoxy) is 2. The highest BCUT2D eigenvalue weighted by atomic mass is 19.1. The van der Waals surface area contributed by atoms with Crippen LogP contribution in [0.1, 0.15) is 31.3 Å². The van der Waals surface area contributed by atoms with Gasteiger partial charge >= 0.3 is 6.09 Å². The first-order valence-electron chi connectivity index (χ1n) is 12.1. The monoisotopic (exact) mass is 526 g/mol. The van der Waals surface area contributed by atoms with Crippen molar-refractivity contribution in [2.24, 2.45) is 5.73 Å². The zero-order chi connectivity index (χ0) is 27.2. The Kier molecular flexibility index (Phi) is 6.33. The molecule has 0 bridgehead atoms. The number of aromatic nitrogens is 2. The molecule has 3 aromatic rings. The predicted octanol–water partition coefficient (Wildman–Crippen LogP) is 3.89. The van der Waals surface area contributed by atoms with Crippen LogP contribution in [0.3, 0.4) is 0 Å². The molecule has 1 aromatic heterocycles. The van der Waals surface area contributed by atoms with Crippen LogP contribution < -0.4 is 20.7 Å². The lowest BCUT2D eigenvalue weighted by molar-refractivity contribution is 0.00807. The van der Waals surface area contributed by atoms with E-state index in [2.05, 4.69) is 10.2 Å². The smallest absolute Gasteiger partial charge is 0.410 e. The summed E-state index contributed by atoms with van der Waals surface area (Å²) in [6.07, 6.45) is -0.365. The Labute approximate surface area is 217 Å². The van der Waals surface area contributed by atoms with E-state index in [0.717, 1.165) is 12.1 Å². The van der Waals surface area contributed by atoms with Crippen LogP contribution in [0.25, 0.3) is 5.69 Å². The lowest BCUT2D eigenvalue weighted by Crippen LogP contribution is -2.63. The molecule has 3 N–H and O–H groups in total. The Morgan fingerprint density at radius 3 is 2.45 bits per heavy atom. The maximum Gasteiger partial charge on any atom is 0.410 e. The second kappa shape index (κ2) is 9.51. The van der Waals surface area contributed by atoms with Gasteiger partial charge in [0.25, 0.3) is 5.91 Å². The summed E-state index contributed by atoms with van der Waals surface area (Å²) in [5.41, 5.74) is 6.41. The first-order valence-corrected chi connectivity index (χ1v) is 12.1. The summed E-state index contributed by atoms with van der Waals surface area (Å²) in [6.45, 7) is 7.61. The molecule has 0 radical (unpaired) electrons. The number of primary amides is 1. The number of amides is 2. The van der Waals surface area contributed by atoms with Gasteiger partial charge in [0.15, 0.2) is 23.1 Å². The minimum absolute atomic E-state index is 0.00817. The summed E-state index contributed by atoms with van der Waals surface area (Å²) >= 11 is 0. The summed E-state index contributed by atoms with van der Waals surface area (Å²) in [4.78, 5) is 28.5. The fraction of sp³-hybridized carbons (Fsp3) is 0.346. The molecule has 200 valence electrons. The standard InChI is InChI=1S/C26H28F2N6O4/c1-26(2,3)38-25(36)32-13-17(14-32)33-11-10-30-21-22(23(29)35)34(31-24(21)33)16-5-7-18(8-6-16)37-20-9-4-15(27)12-19(20)28/h4-9,12,17,30H,10-11,13-14H2,1-3H3,(H2,29,35). The van der Waals surface area contributed by atoms with Crippen molar-refractivity contribution in [3.05, 3.63) is 59.8 Å². The summed E-state index contributed by atoms with van der Waals surface area (Å²) in [7, 11) is 0. The Morgan fingerprint density at radius 2 is 1.82 bits per heavy atom. The number of rotatable bonds is 5. The van der Waals surface area contributed by atoms with E-state index in [1.165, 1.54) is 10.7 Å². The third-order valence-corrected chi connectivity index (χ3v) is 6.18. The number of hydrogen-bond acceptors (Lipinski definition) is 7. The molecule has 2 aromatic carbocycles. The number of nitrogens with one attached hydrogen (secondary N) is 1. The predicted molar refractivity (Wildman–Crippen MR) is 136 cm³/mol. The SMILES string of the molecule is CC(C)(C)OC(=O)N1CC(N2CCNc3c2nn(-c2ccc(Oc4ccc(F)cc4F)cc2)c3C(N)=O)C1. The molecule has 0 saturated carbocycles. The number of hydrogen-bond donors (Lipinski definition) is 2. The van der Waals surface area contributed by atoms with Crippen molar-refractivity contribution in [3.8, 4) is 17.2 Å². The van der Waals surface area contributed by atoms with Gasteiger partial charge in [-0.3, -0.25) is 4.79 Å². The van der Waals surface area contributed by atoms with Crippen LogP contribution in [-0.4, -0.2) is 64.5 Å². The lowest BCUT2D eigenvalue weighted by atomic mass is 10.1. The number of anilines is 2. The van der Waals surface area contributed by atoms with Crippen molar-refractivity contribution in [2.75, 3.05) is 36.4 Å². The molecule has 0 atom stereocenters. The molecule has 10 nitrogen and oxygen atoms in total. The number of fused-ring (bicyclic) bond motifs is 1. The van der Waals surface area contributed by atoms with Crippen molar-refractivity contribution >= 4 is 23.5 Å². The fourth-order valence-corrected chi connectivity index (χ4v) is 4.42. The Bertz CT molecular complexity index is 1380. The maximum absolute atomic E-state index is 14.0. The van der Waals surface area contributed by atoms with Gasteiger partial charge in [-0.25, -0.2) is 18.3 Å². The van der Waals surface area contributed by atoms with E-state index in [4.69, 9.17) is 20.3 Å².